The lowest BCUT2D eigenvalue weighted by Crippen LogP contribution is -2.05. The van der Waals surface area contributed by atoms with Crippen molar-refractivity contribution >= 4 is 44.9 Å². The molecule has 2 aromatic rings. The molecule has 21 heavy (non-hydrogen) atoms. The standard InChI is InChI=1S/C16H11BrCl2O2/c17-13-2-1-9(7-14(13)19)15(20)8-11-6-12(18)5-10-3-4-21-16(10)11/h1-2,5-7H,3-4,8H2. The molecule has 0 spiro atoms. The number of halogens is 3. The minimum atomic E-state index is -0.00985. The van der Waals surface area contributed by atoms with Crippen molar-refractivity contribution in [3.8, 4) is 5.75 Å². The Hall–Kier alpha value is -1.03. The van der Waals surface area contributed by atoms with E-state index in [4.69, 9.17) is 27.9 Å². The van der Waals surface area contributed by atoms with Crippen LogP contribution in [0.4, 0.5) is 0 Å². The largest absolute Gasteiger partial charge is 0.493 e. The van der Waals surface area contributed by atoms with Crippen molar-refractivity contribution in [2.45, 2.75) is 12.8 Å². The van der Waals surface area contributed by atoms with Gasteiger partial charge in [0, 0.05) is 33.5 Å². The molecule has 5 heteroatoms. The van der Waals surface area contributed by atoms with Crippen LogP contribution in [0, 0.1) is 0 Å². The number of ether oxygens (including phenoxy) is 1. The van der Waals surface area contributed by atoms with Gasteiger partial charge in [0.2, 0.25) is 0 Å². The van der Waals surface area contributed by atoms with Gasteiger partial charge >= 0.3 is 0 Å². The van der Waals surface area contributed by atoms with E-state index in [0.29, 0.717) is 22.2 Å². The molecule has 0 unspecified atom stereocenters. The van der Waals surface area contributed by atoms with Gasteiger partial charge in [-0.25, -0.2) is 0 Å². The summed E-state index contributed by atoms with van der Waals surface area (Å²) in [6.07, 6.45) is 1.09. The highest BCUT2D eigenvalue weighted by Crippen LogP contribution is 2.34. The van der Waals surface area contributed by atoms with Crippen LogP contribution in [0.3, 0.4) is 0 Å². The fourth-order valence-corrected chi connectivity index (χ4v) is 3.11. The maximum atomic E-state index is 12.4. The molecule has 0 radical (unpaired) electrons. The average Bonchev–Trinajstić information content (AvgIpc) is 2.90. The molecule has 0 amide bonds. The van der Waals surface area contributed by atoms with E-state index in [0.717, 1.165) is 27.8 Å². The summed E-state index contributed by atoms with van der Waals surface area (Å²) in [5.41, 5.74) is 2.48. The van der Waals surface area contributed by atoms with E-state index in [1.165, 1.54) is 0 Å². The topological polar surface area (TPSA) is 26.3 Å². The summed E-state index contributed by atoms with van der Waals surface area (Å²) in [5.74, 6) is 0.792. The first-order valence-corrected chi connectivity index (χ1v) is 8.02. The summed E-state index contributed by atoms with van der Waals surface area (Å²) >= 11 is 15.5. The number of benzene rings is 2. The Balaban J connectivity index is 1.90. The molecule has 0 atom stereocenters. The summed E-state index contributed by atoms with van der Waals surface area (Å²) in [6.45, 7) is 0.640. The molecule has 0 saturated carbocycles. The van der Waals surface area contributed by atoms with Crippen molar-refractivity contribution in [1.29, 1.82) is 0 Å². The second-order valence-corrected chi connectivity index (χ2v) is 6.58. The van der Waals surface area contributed by atoms with Gasteiger partial charge in [-0.1, -0.05) is 29.3 Å². The monoisotopic (exact) mass is 384 g/mol. The summed E-state index contributed by atoms with van der Waals surface area (Å²) < 4.78 is 6.39. The van der Waals surface area contributed by atoms with E-state index in [-0.39, 0.29) is 12.2 Å². The molecule has 0 aliphatic carbocycles. The van der Waals surface area contributed by atoms with E-state index in [1.807, 2.05) is 6.07 Å². The normalized spacial score (nSPS) is 12.9. The summed E-state index contributed by atoms with van der Waals surface area (Å²) in [6, 6.07) is 8.89. The zero-order valence-corrected chi connectivity index (χ0v) is 14.1. The van der Waals surface area contributed by atoms with Crippen LogP contribution in [0.25, 0.3) is 0 Å². The second kappa shape index (κ2) is 5.99. The smallest absolute Gasteiger partial charge is 0.167 e. The Bertz CT molecular complexity index is 728. The molecule has 0 bridgehead atoms. The molecule has 0 N–H and O–H groups in total. The van der Waals surface area contributed by atoms with E-state index in [9.17, 15) is 4.79 Å². The van der Waals surface area contributed by atoms with Crippen molar-refractivity contribution in [2.75, 3.05) is 6.61 Å². The van der Waals surface area contributed by atoms with Gasteiger partial charge in [-0.2, -0.15) is 0 Å². The van der Waals surface area contributed by atoms with Crippen LogP contribution < -0.4 is 4.74 Å². The van der Waals surface area contributed by atoms with E-state index in [2.05, 4.69) is 15.9 Å². The van der Waals surface area contributed by atoms with Gasteiger partial charge < -0.3 is 4.74 Å². The first kappa shape index (κ1) is 14.9. The quantitative estimate of drug-likeness (QED) is 0.685. The fourth-order valence-electron chi connectivity index (χ4n) is 2.42. The third-order valence-corrected chi connectivity index (χ3v) is 4.87. The molecule has 1 aliphatic rings. The third-order valence-electron chi connectivity index (χ3n) is 3.42. The van der Waals surface area contributed by atoms with Gasteiger partial charge in [-0.15, -0.1) is 0 Å². The number of hydrogen-bond donors (Lipinski definition) is 0. The summed E-state index contributed by atoms with van der Waals surface area (Å²) in [7, 11) is 0. The van der Waals surface area contributed by atoms with E-state index < -0.39 is 0 Å². The van der Waals surface area contributed by atoms with Gasteiger partial charge in [0.1, 0.15) is 5.75 Å². The molecule has 2 nitrogen and oxygen atoms in total. The van der Waals surface area contributed by atoms with Crippen molar-refractivity contribution in [2.24, 2.45) is 0 Å². The Labute approximate surface area is 141 Å². The van der Waals surface area contributed by atoms with Crippen LogP contribution in [0.5, 0.6) is 5.75 Å². The number of Topliss-reactive ketones (excluding diaryl/α,β-unsaturated/α-hetero) is 1. The minimum Gasteiger partial charge on any atom is -0.493 e. The zero-order valence-electron chi connectivity index (χ0n) is 11.0. The van der Waals surface area contributed by atoms with Crippen molar-refractivity contribution in [1.82, 2.24) is 0 Å². The van der Waals surface area contributed by atoms with Crippen LogP contribution >= 0.6 is 39.1 Å². The second-order valence-electron chi connectivity index (χ2n) is 4.88. The number of rotatable bonds is 3. The highest BCUT2D eigenvalue weighted by atomic mass is 79.9. The van der Waals surface area contributed by atoms with Crippen LogP contribution in [0.2, 0.25) is 10.0 Å². The predicted molar refractivity (Wildman–Crippen MR) is 87.8 cm³/mol. The van der Waals surface area contributed by atoms with Gasteiger partial charge in [0.25, 0.3) is 0 Å². The molecular formula is C16H11BrCl2O2. The predicted octanol–water partition coefficient (Wildman–Crippen LogP) is 5.12. The van der Waals surface area contributed by atoms with Crippen molar-refractivity contribution in [3.05, 3.63) is 61.5 Å². The van der Waals surface area contributed by atoms with Gasteiger partial charge in [-0.3, -0.25) is 4.79 Å². The molecule has 3 rings (SSSR count). The van der Waals surface area contributed by atoms with Crippen LogP contribution in [0.15, 0.2) is 34.8 Å². The lowest BCUT2D eigenvalue weighted by Gasteiger charge is -2.09. The number of carbonyl (C=O) groups excluding carboxylic acids is 1. The zero-order chi connectivity index (χ0) is 15.0. The molecule has 108 valence electrons. The summed E-state index contributed by atoms with van der Waals surface area (Å²) in [5, 5.41) is 1.16. The van der Waals surface area contributed by atoms with Gasteiger partial charge in [0.05, 0.1) is 11.6 Å². The maximum Gasteiger partial charge on any atom is 0.167 e. The maximum absolute atomic E-state index is 12.4. The Morgan fingerprint density at radius 3 is 2.81 bits per heavy atom. The van der Waals surface area contributed by atoms with Crippen LogP contribution in [-0.4, -0.2) is 12.4 Å². The Morgan fingerprint density at radius 1 is 1.24 bits per heavy atom. The van der Waals surface area contributed by atoms with Gasteiger partial charge in [0.15, 0.2) is 5.78 Å². The molecule has 1 aliphatic heterocycles. The van der Waals surface area contributed by atoms with Gasteiger partial charge in [-0.05, 0) is 45.8 Å². The number of hydrogen-bond acceptors (Lipinski definition) is 2. The first-order valence-electron chi connectivity index (χ1n) is 6.47. The van der Waals surface area contributed by atoms with Crippen molar-refractivity contribution in [3.63, 3.8) is 0 Å². The van der Waals surface area contributed by atoms with Crippen LogP contribution in [0.1, 0.15) is 21.5 Å². The highest BCUT2D eigenvalue weighted by molar-refractivity contribution is 9.10. The molecule has 0 fully saturated rings. The number of carbonyl (C=O) groups is 1. The number of fused-ring (bicyclic) bond motifs is 1. The van der Waals surface area contributed by atoms with Crippen LogP contribution in [-0.2, 0) is 12.8 Å². The third kappa shape index (κ3) is 3.10. The lowest BCUT2D eigenvalue weighted by molar-refractivity contribution is 0.0992. The lowest BCUT2D eigenvalue weighted by atomic mass is 10.00. The fraction of sp³-hybridized carbons (Fsp3) is 0.188. The minimum absolute atomic E-state index is 0.00985. The molecule has 1 heterocycles. The van der Waals surface area contributed by atoms with E-state index >= 15 is 0 Å². The average molecular weight is 386 g/mol. The van der Waals surface area contributed by atoms with Crippen molar-refractivity contribution < 1.29 is 9.53 Å². The SMILES string of the molecule is O=C(Cc1cc(Cl)cc2c1OCC2)c1ccc(Br)c(Cl)c1. The Kier molecular flexibility index (Phi) is 4.25. The van der Waals surface area contributed by atoms with E-state index in [1.54, 1.807) is 24.3 Å². The number of ketones is 1. The molecule has 2 aromatic carbocycles. The summed E-state index contributed by atoms with van der Waals surface area (Å²) in [4.78, 5) is 12.4. The molecular weight excluding hydrogens is 375 g/mol. The molecule has 0 saturated heterocycles. The highest BCUT2D eigenvalue weighted by Gasteiger charge is 2.20. The first-order chi connectivity index (χ1) is 10.0. The molecule has 0 aromatic heterocycles. The Morgan fingerprint density at radius 2 is 2.05 bits per heavy atom.